The molecule has 1 amide bonds. The monoisotopic (exact) mass is 563 g/mol. The van der Waals surface area contributed by atoms with Gasteiger partial charge in [-0.25, -0.2) is 18.2 Å². The van der Waals surface area contributed by atoms with Crippen LogP contribution in [0.4, 0.5) is 0 Å². The number of amides is 1. The van der Waals surface area contributed by atoms with E-state index >= 15 is 0 Å². The number of hydrogen-bond acceptors (Lipinski definition) is 5. The van der Waals surface area contributed by atoms with E-state index in [9.17, 15) is 23.1 Å². The number of carbonyl (C=O) groups is 2. The van der Waals surface area contributed by atoms with Crippen molar-refractivity contribution in [3.8, 4) is 11.3 Å². The van der Waals surface area contributed by atoms with Gasteiger partial charge in [0.05, 0.1) is 27.5 Å². The number of carbonyl (C=O) groups excluding carboxylic acids is 1. The molecule has 4 rings (SSSR count). The number of carboxylic acid groups (broad SMARTS) is 1. The Hall–Kier alpha value is -2.72. The van der Waals surface area contributed by atoms with Crippen LogP contribution in [0.5, 0.6) is 0 Å². The maximum Gasteiger partial charge on any atom is 0.329 e. The number of aliphatic carboxylic acids is 1. The van der Waals surface area contributed by atoms with Crippen LogP contribution in [-0.2, 0) is 26.0 Å². The average Bonchev–Trinajstić information content (AvgIpc) is 2.83. The van der Waals surface area contributed by atoms with Crippen LogP contribution in [0.2, 0.25) is 10.0 Å². The number of rotatable bonds is 7. The van der Waals surface area contributed by atoms with Crippen molar-refractivity contribution in [3.63, 3.8) is 0 Å². The Morgan fingerprint density at radius 2 is 1.84 bits per heavy atom. The lowest BCUT2D eigenvalue weighted by molar-refractivity contribution is -0.147. The van der Waals surface area contributed by atoms with Gasteiger partial charge in [0.2, 0.25) is 15.9 Å². The summed E-state index contributed by atoms with van der Waals surface area (Å²) in [7, 11) is -3.61. The van der Waals surface area contributed by atoms with Gasteiger partial charge in [0, 0.05) is 23.9 Å². The highest BCUT2D eigenvalue weighted by molar-refractivity contribution is 7.88. The van der Waals surface area contributed by atoms with E-state index in [0.29, 0.717) is 51.6 Å². The summed E-state index contributed by atoms with van der Waals surface area (Å²) in [6, 6.07) is 13.3. The number of nitrogens with zero attached hydrogens (tertiary/aromatic N) is 2. The van der Waals surface area contributed by atoms with E-state index in [0.717, 1.165) is 15.9 Å². The second-order valence-electron chi connectivity index (χ2n) is 9.51. The van der Waals surface area contributed by atoms with E-state index in [4.69, 9.17) is 23.2 Å². The van der Waals surface area contributed by atoms with Gasteiger partial charge in [0.25, 0.3) is 0 Å². The minimum Gasteiger partial charge on any atom is -0.480 e. The number of carboxylic acids is 1. The number of benzene rings is 2. The lowest BCUT2D eigenvalue weighted by atomic mass is 9.91. The first-order valence-corrected chi connectivity index (χ1v) is 14.4. The van der Waals surface area contributed by atoms with Crippen molar-refractivity contribution in [1.82, 2.24) is 14.6 Å². The van der Waals surface area contributed by atoms with Crippen LogP contribution < -0.4 is 5.32 Å². The maximum atomic E-state index is 13.1. The zero-order chi connectivity index (χ0) is 27.0. The first kappa shape index (κ1) is 27.3. The van der Waals surface area contributed by atoms with Gasteiger partial charge in [0.15, 0.2) is 0 Å². The molecule has 11 heteroatoms. The normalized spacial score (nSPS) is 18.3. The summed E-state index contributed by atoms with van der Waals surface area (Å²) in [6.07, 6.45) is 2.74. The molecule has 1 aliphatic heterocycles. The summed E-state index contributed by atoms with van der Waals surface area (Å²) in [5.41, 5.74) is 0.935. The first-order chi connectivity index (χ1) is 17.4. The predicted octanol–water partition coefficient (Wildman–Crippen LogP) is 4.52. The number of sulfonamides is 1. The first-order valence-electron chi connectivity index (χ1n) is 11.8. The smallest absolute Gasteiger partial charge is 0.329 e. The van der Waals surface area contributed by atoms with E-state index in [2.05, 4.69) is 10.3 Å². The van der Waals surface area contributed by atoms with E-state index in [1.54, 1.807) is 36.4 Å². The molecule has 0 spiro atoms. The summed E-state index contributed by atoms with van der Waals surface area (Å²) < 4.78 is 25.5. The van der Waals surface area contributed by atoms with Gasteiger partial charge < -0.3 is 10.4 Å². The van der Waals surface area contributed by atoms with Crippen molar-refractivity contribution in [2.24, 2.45) is 0 Å². The van der Waals surface area contributed by atoms with Gasteiger partial charge in [-0.2, -0.15) is 4.31 Å². The molecule has 0 saturated carbocycles. The van der Waals surface area contributed by atoms with Crippen LogP contribution in [-0.4, -0.2) is 59.1 Å². The second kappa shape index (κ2) is 10.6. The highest BCUT2D eigenvalue weighted by atomic mass is 35.5. The van der Waals surface area contributed by atoms with Gasteiger partial charge in [-0.05, 0) is 55.7 Å². The third-order valence-electron chi connectivity index (χ3n) is 6.58. The Balaban J connectivity index is 1.59. The van der Waals surface area contributed by atoms with Crippen LogP contribution in [0.15, 0.2) is 48.5 Å². The van der Waals surface area contributed by atoms with Crippen molar-refractivity contribution in [2.75, 3.05) is 12.8 Å². The van der Waals surface area contributed by atoms with E-state index in [1.807, 2.05) is 12.1 Å². The molecule has 0 radical (unpaired) electrons. The van der Waals surface area contributed by atoms with Crippen molar-refractivity contribution >= 4 is 56.0 Å². The number of halogens is 2. The Kier molecular flexibility index (Phi) is 7.80. The predicted molar refractivity (Wildman–Crippen MR) is 144 cm³/mol. The molecule has 2 aromatic carbocycles. The molecule has 3 aromatic rings. The van der Waals surface area contributed by atoms with Crippen LogP contribution in [0.3, 0.4) is 0 Å². The molecule has 2 N–H and O–H groups in total. The molecule has 0 unspecified atom stereocenters. The lowest BCUT2D eigenvalue weighted by Crippen LogP contribution is -2.60. The number of nitrogens with one attached hydrogen (secondary N) is 1. The van der Waals surface area contributed by atoms with Gasteiger partial charge >= 0.3 is 5.97 Å². The van der Waals surface area contributed by atoms with Crippen LogP contribution in [0.1, 0.15) is 31.7 Å². The van der Waals surface area contributed by atoms with Gasteiger partial charge in [-0.3, -0.25) is 4.79 Å². The van der Waals surface area contributed by atoms with E-state index in [-0.39, 0.29) is 13.0 Å². The van der Waals surface area contributed by atoms with Crippen molar-refractivity contribution in [1.29, 1.82) is 0 Å². The number of piperidine rings is 1. The quantitative estimate of drug-likeness (QED) is 0.436. The molecular weight excluding hydrogens is 537 g/mol. The van der Waals surface area contributed by atoms with Gasteiger partial charge in [-0.1, -0.05) is 47.8 Å². The van der Waals surface area contributed by atoms with Crippen LogP contribution >= 0.6 is 23.2 Å². The second-order valence-corrected chi connectivity index (χ2v) is 12.3. The number of hydrogen-bond donors (Lipinski definition) is 2. The molecule has 1 fully saturated rings. The molecule has 1 saturated heterocycles. The maximum absolute atomic E-state index is 13.1. The Morgan fingerprint density at radius 1 is 1.14 bits per heavy atom. The largest absolute Gasteiger partial charge is 0.480 e. The highest BCUT2D eigenvalue weighted by Gasteiger charge is 2.41. The van der Waals surface area contributed by atoms with Crippen LogP contribution in [0.25, 0.3) is 22.2 Å². The summed E-state index contributed by atoms with van der Waals surface area (Å²) in [6.45, 7) is 1.66. The Bertz CT molecular complexity index is 1460. The lowest BCUT2D eigenvalue weighted by Gasteiger charge is -2.35. The number of pyridine rings is 1. The molecule has 0 aliphatic carbocycles. The van der Waals surface area contributed by atoms with Crippen LogP contribution in [0, 0.1) is 0 Å². The molecule has 0 bridgehead atoms. The zero-order valence-corrected chi connectivity index (χ0v) is 22.7. The van der Waals surface area contributed by atoms with Crippen molar-refractivity contribution in [2.45, 2.75) is 44.2 Å². The average molecular weight is 564 g/mol. The summed E-state index contributed by atoms with van der Waals surface area (Å²) in [5.74, 6) is -1.83. The molecule has 1 aliphatic rings. The minimum atomic E-state index is -3.61. The summed E-state index contributed by atoms with van der Waals surface area (Å²) >= 11 is 12.6. The van der Waals surface area contributed by atoms with E-state index < -0.39 is 33.5 Å². The van der Waals surface area contributed by atoms with Crippen molar-refractivity contribution in [3.05, 3.63) is 64.1 Å². The highest BCUT2D eigenvalue weighted by Crippen LogP contribution is 2.34. The Labute approximate surface area is 225 Å². The summed E-state index contributed by atoms with van der Waals surface area (Å²) in [4.78, 5) is 30.0. The molecule has 8 nitrogen and oxygen atoms in total. The Morgan fingerprint density at radius 3 is 2.49 bits per heavy atom. The topological polar surface area (TPSA) is 117 Å². The fraction of sp³-hybridized carbons (Fsp3) is 0.346. The number of aromatic nitrogens is 1. The molecule has 196 valence electrons. The molecule has 1 aromatic heterocycles. The fourth-order valence-corrected chi connectivity index (χ4v) is 6.38. The van der Waals surface area contributed by atoms with Gasteiger partial charge in [-0.15, -0.1) is 0 Å². The molecule has 2 atom stereocenters. The molecular formula is C26H27Cl2N3O5S. The SMILES string of the molecule is C[C@@](Cc1ccc2nc(-c3c(Cl)cccc3Cl)ccc2c1)(NC(=O)[C@@H]1CCCCN1S(C)(=O)=O)C(=O)O. The van der Waals surface area contributed by atoms with Crippen molar-refractivity contribution < 1.29 is 23.1 Å². The van der Waals surface area contributed by atoms with E-state index in [1.165, 1.54) is 6.92 Å². The standard InChI is InChI=1S/C26H27Cl2N3O5S/c1-26(25(33)34,30-24(32)22-8-3-4-13-31(22)37(2,35)36)15-16-9-11-20-17(14-16)10-12-21(29-20)23-18(27)6-5-7-19(23)28/h5-7,9-12,14,22H,3-4,8,13,15H2,1-2H3,(H,30,32)(H,33,34)/t22-,26-/m0/s1. The zero-order valence-electron chi connectivity index (χ0n) is 20.4. The third kappa shape index (κ3) is 5.90. The van der Waals surface area contributed by atoms with Gasteiger partial charge in [0.1, 0.15) is 11.6 Å². The molecule has 37 heavy (non-hydrogen) atoms. The third-order valence-corrected chi connectivity index (χ3v) is 8.50. The summed E-state index contributed by atoms with van der Waals surface area (Å²) in [5, 5.41) is 14.4. The number of fused-ring (bicyclic) bond motifs is 1. The molecule has 2 heterocycles. The minimum absolute atomic E-state index is 0.00625. The fourth-order valence-electron chi connectivity index (χ4n) is 4.67.